The van der Waals surface area contributed by atoms with E-state index in [0.717, 1.165) is 10.0 Å². The van der Waals surface area contributed by atoms with Crippen molar-refractivity contribution < 1.29 is 19.1 Å². The SMILES string of the molecule is Cc1ccc(NC(=O)COC(=O)c2ccccc2C(=O)c2ccc(Cl)cc2)c(Br)c1. The predicted molar refractivity (Wildman–Crippen MR) is 119 cm³/mol. The molecule has 3 aromatic rings. The van der Waals surface area contributed by atoms with Crippen molar-refractivity contribution in [2.45, 2.75) is 6.92 Å². The van der Waals surface area contributed by atoms with Gasteiger partial charge in [-0.25, -0.2) is 4.79 Å². The van der Waals surface area contributed by atoms with Gasteiger partial charge in [0.15, 0.2) is 12.4 Å². The number of nitrogens with one attached hydrogen (secondary N) is 1. The third-order valence-electron chi connectivity index (χ3n) is 4.23. The number of rotatable bonds is 6. The number of ether oxygens (including phenoxy) is 1. The molecule has 3 aromatic carbocycles. The maximum absolute atomic E-state index is 12.8. The van der Waals surface area contributed by atoms with E-state index in [4.69, 9.17) is 16.3 Å². The molecule has 0 aliphatic heterocycles. The Morgan fingerprint density at radius 1 is 0.967 bits per heavy atom. The van der Waals surface area contributed by atoms with Gasteiger partial charge in [0.2, 0.25) is 0 Å². The molecular weight excluding hydrogens is 470 g/mol. The maximum atomic E-state index is 12.8. The molecule has 0 radical (unpaired) electrons. The van der Waals surface area contributed by atoms with E-state index in [1.807, 2.05) is 19.1 Å². The van der Waals surface area contributed by atoms with E-state index in [-0.39, 0.29) is 16.9 Å². The Kier molecular flexibility index (Phi) is 7.03. The van der Waals surface area contributed by atoms with Crippen molar-refractivity contribution in [3.63, 3.8) is 0 Å². The highest BCUT2D eigenvalue weighted by molar-refractivity contribution is 9.10. The van der Waals surface area contributed by atoms with Crippen LogP contribution in [0.1, 0.15) is 31.8 Å². The van der Waals surface area contributed by atoms with Crippen molar-refractivity contribution in [3.05, 3.63) is 98.5 Å². The van der Waals surface area contributed by atoms with Gasteiger partial charge >= 0.3 is 5.97 Å². The fourth-order valence-electron chi connectivity index (χ4n) is 2.73. The van der Waals surface area contributed by atoms with Gasteiger partial charge in [-0.1, -0.05) is 35.9 Å². The Hall–Kier alpha value is -2.96. The Bertz CT molecular complexity index is 1110. The number of carbonyl (C=O) groups excluding carboxylic acids is 3. The second-order valence-corrected chi connectivity index (χ2v) is 7.78. The van der Waals surface area contributed by atoms with Crippen LogP contribution in [0.3, 0.4) is 0 Å². The first-order valence-electron chi connectivity index (χ1n) is 8.97. The lowest BCUT2D eigenvalue weighted by Crippen LogP contribution is -2.22. The average Bonchev–Trinajstić information content (AvgIpc) is 2.74. The lowest BCUT2D eigenvalue weighted by atomic mass is 9.98. The topological polar surface area (TPSA) is 72.5 Å². The maximum Gasteiger partial charge on any atom is 0.339 e. The van der Waals surface area contributed by atoms with Crippen LogP contribution in [-0.4, -0.2) is 24.3 Å². The van der Waals surface area contributed by atoms with Gasteiger partial charge in [-0.3, -0.25) is 9.59 Å². The van der Waals surface area contributed by atoms with Crippen LogP contribution < -0.4 is 5.32 Å². The number of hydrogen-bond donors (Lipinski definition) is 1. The molecule has 152 valence electrons. The van der Waals surface area contributed by atoms with Gasteiger partial charge in [-0.15, -0.1) is 0 Å². The van der Waals surface area contributed by atoms with Crippen molar-refractivity contribution in [1.29, 1.82) is 0 Å². The molecule has 0 heterocycles. The Morgan fingerprint density at radius 3 is 2.30 bits per heavy atom. The number of hydrogen-bond acceptors (Lipinski definition) is 4. The lowest BCUT2D eigenvalue weighted by Gasteiger charge is -2.11. The molecule has 5 nitrogen and oxygen atoms in total. The molecule has 30 heavy (non-hydrogen) atoms. The number of benzene rings is 3. The average molecular weight is 487 g/mol. The first-order valence-corrected chi connectivity index (χ1v) is 10.1. The van der Waals surface area contributed by atoms with Gasteiger partial charge in [-0.05, 0) is 70.9 Å². The minimum Gasteiger partial charge on any atom is -0.452 e. The fraction of sp³-hybridized carbons (Fsp3) is 0.0870. The summed E-state index contributed by atoms with van der Waals surface area (Å²) in [6.07, 6.45) is 0. The van der Waals surface area contributed by atoms with E-state index in [9.17, 15) is 14.4 Å². The molecular formula is C23H17BrClNO4. The quantitative estimate of drug-likeness (QED) is 0.372. The highest BCUT2D eigenvalue weighted by Crippen LogP contribution is 2.23. The highest BCUT2D eigenvalue weighted by atomic mass is 79.9. The van der Waals surface area contributed by atoms with E-state index in [1.165, 1.54) is 12.1 Å². The summed E-state index contributed by atoms with van der Waals surface area (Å²) in [7, 11) is 0. The Balaban J connectivity index is 1.69. The second kappa shape index (κ2) is 9.69. The minimum absolute atomic E-state index is 0.0850. The van der Waals surface area contributed by atoms with Crippen molar-refractivity contribution in [1.82, 2.24) is 0 Å². The van der Waals surface area contributed by atoms with Crippen LogP contribution in [0.25, 0.3) is 0 Å². The van der Waals surface area contributed by atoms with E-state index >= 15 is 0 Å². The summed E-state index contributed by atoms with van der Waals surface area (Å²) in [6.45, 7) is 1.45. The van der Waals surface area contributed by atoms with Crippen molar-refractivity contribution in [2.24, 2.45) is 0 Å². The monoisotopic (exact) mass is 485 g/mol. The third-order valence-corrected chi connectivity index (χ3v) is 5.14. The lowest BCUT2D eigenvalue weighted by molar-refractivity contribution is -0.119. The number of amides is 1. The first kappa shape index (κ1) is 21.7. The van der Waals surface area contributed by atoms with Crippen LogP contribution in [0, 0.1) is 6.92 Å². The molecule has 0 aliphatic rings. The summed E-state index contributed by atoms with van der Waals surface area (Å²) in [5, 5.41) is 3.18. The zero-order valence-corrected chi connectivity index (χ0v) is 18.3. The molecule has 0 spiro atoms. The van der Waals surface area contributed by atoms with Gasteiger partial charge in [0.05, 0.1) is 11.3 Å². The molecule has 0 atom stereocenters. The summed E-state index contributed by atoms with van der Waals surface area (Å²) >= 11 is 9.24. The Labute approximate surface area is 187 Å². The van der Waals surface area contributed by atoms with Crippen LogP contribution >= 0.6 is 27.5 Å². The summed E-state index contributed by atoms with van der Waals surface area (Å²) < 4.78 is 5.86. The second-order valence-electron chi connectivity index (χ2n) is 6.49. The molecule has 3 rings (SSSR count). The molecule has 0 aromatic heterocycles. The van der Waals surface area contributed by atoms with E-state index < -0.39 is 18.5 Å². The van der Waals surface area contributed by atoms with Gasteiger partial charge in [0.1, 0.15) is 0 Å². The fourth-order valence-corrected chi connectivity index (χ4v) is 3.45. The van der Waals surface area contributed by atoms with E-state index in [0.29, 0.717) is 16.3 Å². The summed E-state index contributed by atoms with van der Waals surface area (Å²) in [5.41, 5.74) is 2.27. The molecule has 0 unspecified atom stereocenters. The smallest absolute Gasteiger partial charge is 0.339 e. The van der Waals surface area contributed by atoms with Gasteiger partial charge in [-0.2, -0.15) is 0 Å². The minimum atomic E-state index is -0.758. The van der Waals surface area contributed by atoms with Crippen molar-refractivity contribution >= 4 is 50.9 Å². The number of esters is 1. The summed E-state index contributed by atoms with van der Waals surface area (Å²) in [6, 6.07) is 18.1. The number of aryl methyl sites for hydroxylation is 1. The zero-order chi connectivity index (χ0) is 21.7. The van der Waals surface area contributed by atoms with E-state index in [2.05, 4.69) is 21.2 Å². The number of halogens is 2. The normalized spacial score (nSPS) is 10.4. The van der Waals surface area contributed by atoms with Crippen molar-refractivity contribution in [3.8, 4) is 0 Å². The number of anilines is 1. The third kappa shape index (κ3) is 5.34. The predicted octanol–water partition coefficient (Wildman–Crippen LogP) is 5.44. The molecule has 7 heteroatoms. The summed E-state index contributed by atoms with van der Waals surface area (Å²) in [4.78, 5) is 37.5. The van der Waals surface area contributed by atoms with Gasteiger partial charge in [0, 0.05) is 20.6 Å². The number of carbonyl (C=O) groups is 3. The molecule has 0 fully saturated rings. The van der Waals surface area contributed by atoms with Crippen LogP contribution in [0.15, 0.2) is 71.2 Å². The molecule has 0 bridgehead atoms. The molecule has 0 saturated heterocycles. The standard InChI is InChI=1S/C23H17BrClNO4/c1-14-6-11-20(19(24)12-14)26-21(27)13-30-23(29)18-5-3-2-4-17(18)22(28)15-7-9-16(25)10-8-15/h2-12H,13H2,1H3,(H,26,27). The molecule has 1 N–H and O–H groups in total. The van der Waals surface area contributed by atoms with Crippen LogP contribution in [0.5, 0.6) is 0 Å². The molecule has 0 aliphatic carbocycles. The van der Waals surface area contributed by atoms with Gasteiger partial charge in [0.25, 0.3) is 5.91 Å². The molecule has 0 saturated carbocycles. The zero-order valence-electron chi connectivity index (χ0n) is 15.9. The molecule has 1 amide bonds. The highest BCUT2D eigenvalue weighted by Gasteiger charge is 2.20. The Morgan fingerprint density at radius 2 is 1.63 bits per heavy atom. The van der Waals surface area contributed by atoms with Crippen LogP contribution in [0.2, 0.25) is 5.02 Å². The van der Waals surface area contributed by atoms with Crippen molar-refractivity contribution in [2.75, 3.05) is 11.9 Å². The van der Waals surface area contributed by atoms with Crippen LogP contribution in [0.4, 0.5) is 5.69 Å². The summed E-state index contributed by atoms with van der Waals surface area (Å²) in [5.74, 6) is -1.59. The number of ketones is 1. The van der Waals surface area contributed by atoms with E-state index in [1.54, 1.807) is 42.5 Å². The van der Waals surface area contributed by atoms with Crippen LogP contribution in [-0.2, 0) is 9.53 Å². The largest absolute Gasteiger partial charge is 0.452 e. The first-order chi connectivity index (χ1) is 14.3. The van der Waals surface area contributed by atoms with Gasteiger partial charge < -0.3 is 10.1 Å².